The summed E-state index contributed by atoms with van der Waals surface area (Å²) >= 11 is 0. The van der Waals surface area contributed by atoms with Crippen LogP contribution in [0.15, 0.2) is 34.1 Å². The second-order valence-electron chi connectivity index (χ2n) is 4.26. The molecule has 0 atom stereocenters. The second-order valence-corrected chi connectivity index (χ2v) is 8.18. The van der Waals surface area contributed by atoms with E-state index in [1.165, 1.54) is 32.3 Å². The molecule has 0 radical (unpaired) electrons. The molecule has 2 N–H and O–H groups in total. The normalized spacial score (nSPS) is 12.2. The second kappa shape index (κ2) is 8.06. The predicted octanol–water partition coefficient (Wildman–Crippen LogP) is -0.144. The molecule has 0 heterocycles. The van der Waals surface area contributed by atoms with Gasteiger partial charge >= 0.3 is 0 Å². The number of nitrogens with one attached hydrogen (secondary N) is 2. The van der Waals surface area contributed by atoms with Gasteiger partial charge in [-0.15, -0.1) is 12.4 Å². The summed E-state index contributed by atoms with van der Waals surface area (Å²) < 4.78 is 51.4. The van der Waals surface area contributed by atoms with E-state index in [1.54, 1.807) is 7.05 Å². The van der Waals surface area contributed by atoms with Gasteiger partial charge in [0.15, 0.2) is 0 Å². The highest BCUT2D eigenvalue weighted by atomic mass is 35.5. The number of halogens is 1. The molecule has 122 valence electrons. The largest absolute Gasteiger partial charge is 0.318 e. The van der Waals surface area contributed by atoms with Gasteiger partial charge in [-0.2, -0.15) is 0 Å². The molecule has 0 saturated carbocycles. The van der Waals surface area contributed by atoms with Gasteiger partial charge in [-0.1, -0.05) is 6.07 Å². The Labute approximate surface area is 132 Å². The SMILES string of the molecule is CNCCNS(=O)(=O)c1cccc(S(=O)(=O)N(C)C)c1.Cl. The molecular formula is C11H20ClN3O4S2. The van der Waals surface area contributed by atoms with E-state index in [0.717, 1.165) is 10.4 Å². The standard InChI is InChI=1S/C11H19N3O4S2.ClH/c1-12-7-8-13-19(15,16)10-5-4-6-11(9-10)20(17,18)14(2)3;/h4-6,9,12-13H,7-8H2,1-3H3;1H. The van der Waals surface area contributed by atoms with Crippen LogP contribution in [-0.2, 0) is 20.0 Å². The van der Waals surface area contributed by atoms with Gasteiger partial charge in [0, 0.05) is 27.2 Å². The summed E-state index contributed by atoms with van der Waals surface area (Å²) in [5, 5.41) is 2.81. The van der Waals surface area contributed by atoms with Crippen molar-refractivity contribution >= 4 is 32.5 Å². The molecule has 0 bridgehead atoms. The van der Waals surface area contributed by atoms with E-state index < -0.39 is 20.0 Å². The van der Waals surface area contributed by atoms with Gasteiger partial charge in [0.25, 0.3) is 0 Å². The number of hydrogen-bond donors (Lipinski definition) is 2. The molecule has 10 heteroatoms. The van der Waals surface area contributed by atoms with Crippen molar-refractivity contribution in [2.45, 2.75) is 9.79 Å². The van der Waals surface area contributed by atoms with Crippen molar-refractivity contribution in [3.8, 4) is 0 Å². The van der Waals surface area contributed by atoms with Crippen molar-refractivity contribution in [1.29, 1.82) is 0 Å². The minimum Gasteiger partial charge on any atom is -0.318 e. The van der Waals surface area contributed by atoms with E-state index >= 15 is 0 Å². The van der Waals surface area contributed by atoms with Gasteiger partial charge in [0.2, 0.25) is 20.0 Å². The summed E-state index contributed by atoms with van der Waals surface area (Å²) in [7, 11) is -2.88. The number of rotatable bonds is 7. The predicted molar refractivity (Wildman–Crippen MR) is 83.7 cm³/mol. The lowest BCUT2D eigenvalue weighted by Gasteiger charge is -2.12. The van der Waals surface area contributed by atoms with Gasteiger partial charge in [-0.05, 0) is 25.2 Å². The van der Waals surface area contributed by atoms with E-state index in [2.05, 4.69) is 10.0 Å². The monoisotopic (exact) mass is 357 g/mol. The van der Waals surface area contributed by atoms with Gasteiger partial charge in [0.1, 0.15) is 0 Å². The molecule has 1 aromatic carbocycles. The zero-order chi connectivity index (χ0) is 15.4. The van der Waals surface area contributed by atoms with Crippen molar-refractivity contribution in [2.75, 3.05) is 34.2 Å². The van der Waals surface area contributed by atoms with Crippen LogP contribution in [0.4, 0.5) is 0 Å². The highest BCUT2D eigenvalue weighted by molar-refractivity contribution is 7.90. The third kappa shape index (κ3) is 5.20. The number of sulfonamides is 2. The summed E-state index contributed by atoms with van der Waals surface area (Å²) in [6.07, 6.45) is 0. The van der Waals surface area contributed by atoms with E-state index in [-0.39, 0.29) is 28.7 Å². The van der Waals surface area contributed by atoms with Crippen molar-refractivity contribution < 1.29 is 16.8 Å². The first-order valence-corrected chi connectivity index (χ1v) is 8.81. The minimum absolute atomic E-state index is 0. The molecule has 7 nitrogen and oxygen atoms in total. The zero-order valence-electron chi connectivity index (χ0n) is 12.0. The van der Waals surface area contributed by atoms with Crippen LogP contribution in [0.25, 0.3) is 0 Å². The van der Waals surface area contributed by atoms with Gasteiger partial charge < -0.3 is 5.32 Å². The Morgan fingerprint density at radius 3 is 2.14 bits per heavy atom. The lowest BCUT2D eigenvalue weighted by Crippen LogP contribution is -2.30. The van der Waals surface area contributed by atoms with Crippen LogP contribution in [0.1, 0.15) is 0 Å². The molecule has 21 heavy (non-hydrogen) atoms. The van der Waals surface area contributed by atoms with E-state index in [4.69, 9.17) is 0 Å². The third-order valence-corrected chi connectivity index (χ3v) is 5.83. The number of hydrogen-bond acceptors (Lipinski definition) is 5. The van der Waals surface area contributed by atoms with Crippen LogP contribution in [0, 0.1) is 0 Å². The summed E-state index contributed by atoms with van der Waals surface area (Å²) in [4.78, 5) is -0.129. The quantitative estimate of drug-likeness (QED) is 0.662. The molecule has 0 aromatic heterocycles. The molecule has 0 aliphatic rings. The first-order chi connectivity index (χ1) is 9.21. The van der Waals surface area contributed by atoms with Crippen LogP contribution in [0.2, 0.25) is 0 Å². The van der Waals surface area contributed by atoms with Crippen molar-refractivity contribution in [3.05, 3.63) is 24.3 Å². The van der Waals surface area contributed by atoms with Crippen LogP contribution in [0.5, 0.6) is 0 Å². The van der Waals surface area contributed by atoms with Crippen molar-refractivity contribution in [1.82, 2.24) is 14.3 Å². The summed E-state index contributed by atoms with van der Waals surface area (Å²) in [6.45, 7) is 0.707. The number of likely N-dealkylation sites (N-methyl/N-ethyl adjacent to an activating group) is 1. The Morgan fingerprint density at radius 1 is 1.05 bits per heavy atom. The maximum atomic E-state index is 12.0. The van der Waals surface area contributed by atoms with Crippen LogP contribution in [0.3, 0.4) is 0 Å². The molecule has 0 spiro atoms. The molecule has 0 unspecified atom stereocenters. The Morgan fingerprint density at radius 2 is 1.62 bits per heavy atom. The summed E-state index contributed by atoms with van der Waals surface area (Å²) in [5.74, 6) is 0. The highest BCUT2D eigenvalue weighted by Gasteiger charge is 2.20. The van der Waals surface area contributed by atoms with Crippen LogP contribution < -0.4 is 10.0 Å². The maximum Gasteiger partial charge on any atom is 0.242 e. The average molecular weight is 358 g/mol. The van der Waals surface area contributed by atoms with Gasteiger partial charge in [0.05, 0.1) is 9.79 Å². The average Bonchev–Trinajstić information content (AvgIpc) is 2.39. The molecule has 0 saturated heterocycles. The Bertz CT molecular complexity index is 660. The van der Waals surface area contributed by atoms with Gasteiger partial charge in [-0.25, -0.2) is 25.9 Å². The lowest BCUT2D eigenvalue weighted by atomic mass is 10.4. The summed E-state index contributed by atoms with van der Waals surface area (Å²) in [5.41, 5.74) is 0. The molecule has 0 amide bonds. The van der Waals surface area contributed by atoms with Crippen LogP contribution >= 0.6 is 12.4 Å². The van der Waals surface area contributed by atoms with E-state index in [1.807, 2.05) is 0 Å². The first-order valence-electron chi connectivity index (χ1n) is 5.88. The number of nitrogens with zero attached hydrogens (tertiary/aromatic N) is 1. The van der Waals surface area contributed by atoms with Crippen molar-refractivity contribution in [2.24, 2.45) is 0 Å². The molecule has 0 aliphatic carbocycles. The van der Waals surface area contributed by atoms with Gasteiger partial charge in [-0.3, -0.25) is 0 Å². The molecule has 0 fully saturated rings. The smallest absolute Gasteiger partial charge is 0.242 e. The first kappa shape index (κ1) is 20.3. The summed E-state index contributed by atoms with van der Waals surface area (Å²) in [6, 6.07) is 5.28. The maximum absolute atomic E-state index is 12.0. The molecule has 0 aliphatic heterocycles. The zero-order valence-corrected chi connectivity index (χ0v) is 14.5. The van der Waals surface area contributed by atoms with Crippen molar-refractivity contribution in [3.63, 3.8) is 0 Å². The topological polar surface area (TPSA) is 95.6 Å². The Kier molecular flexibility index (Phi) is 7.79. The highest BCUT2D eigenvalue weighted by Crippen LogP contribution is 2.17. The fraction of sp³-hybridized carbons (Fsp3) is 0.455. The molecular weight excluding hydrogens is 338 g/mol. The van der Waals surface area contributed by atoms with Crippen LogP contribution in [-0.4, -0.2) is 55.4 Å². The molecule has 1 rings (SSSR count). The van der Waals surface area contributed by atoms with E-state index in [9.17, 15) is 16.8 Å². The molecule has 1 aromatic rings. The lowest BCUT2D eigenvalue weighted by molar-refractivity contribution is 0.520. The Balaban J connectivity index is 0.00000400. The van der Waals surface area contributed by atoms with E-state index in [0.29, 0.717) is 6.54 Å². The Hall–Kier alpha value is -0.710. The number of benzene rings is 1. The fourth-order valence-electron chi connectivity index (χ4n) is 1.41. The fourth-order valence-corrected chi connectivity index (χ4v) is 3.51. The third-order valence-electron chi connectivity index (χ3n) is 2.56. The minimum atomic E-state index is -3.71.